The Morgan fingerprint density at radius 3 is 2.96 bits per heavy atom. The molecule has 1 aromatic heterocycles. The zero-order chi connectivity index (χ0) is 19.5. The molecule has 1 saturated heterocycles. The van der Waals surface area contributed by atoms with Gasteiger partial charge in [-0.15, -0.1) is 11.3 Å². The molecule has 0 spiro atoms. The lowest BCUT2D eigenvalue weighted by atomic mass is 9.89. The summed E-state index contributed by atoms with van der Waals surface area (Å²) in [6.07, 6.45) is 5.65. The molecule has 2 unspecified atom stereocenters. The molecule has 1 fully saturated rings. The zero-order valence-electron chi connectivity index (χ0n) is 16.0. The number of carbonyl (C=O) groups is 2. The second-order valence-electron chi connectivity index (χ2n) is 7.43. The molecule has 7 heteroatoms. The Labute approximate surface area is 168 Å². The van der Waals surface area contributed by atoms with E-state index in [1.807, 2.05) is 0 Å². The van der Waals surface area contributed by atoms with Gasteiger partial charge in [0.15, 0.2) is 5.13 Å². The van der Waals surface area contributed by atoms with E-state index in [-0.39, 0.29) is 11.8 Å². The number of hydrogen-bond donors (Lipinski definition) is 2. The van der Waals surface area contributed by atoms with Gasteiger partial charge in [0.2, 0.25) is 0 Å². The van der Waals surface area contributed by atoms with E-state index in [4.69, 9.17) is 4.74 Å². The van der Waals surface area contributed by atoms with Gasteiger partial charge in [-0.25, -0.2) is 4.98 Å². The van der Waals surface area contributed by atoms with Gasteiger partial charge in [-0.2, -0.15) is 0 Å². The van der Waals surface area contributed by atoms with Gasteiger partial charge in [-0.3, -0.25) is 14.9 Å². The Morgan fingerprint density at radius 2 is 2.18 bits per heavy atom. The van der Waals surface area contributed by atoms with E-state index in [2.05, 4.69) is 22.5 Å². The van der Waals surface area contributed by atoms with Crippen LogP contribution in [-0.4, -0.2) is 29.5 Å². The second-order valence-corrected chi connectivity index (χ2v) is 8.52. The molecule has 2 heterocycles. The highest BCUT2D eigenvalue weighted by Crippen LogP contribution is 2.33. The van der Waals surface area contributed by atoms with Crippen LogP contribution in [0.5, 0.6) is 0 Å². The van der Waals surface area contributed by atoms with Crippen LogP contribution < -0.4 is 10.6 Å². The van der Waals surface area contributed by atoms with Crippen molar-refractivity contribution < 1.29 is 14.3 Å². The van der Waals surface area contributed by atoms with Crippen LogP contribution in [0, 0.1) is 5.92 Å². The Morgan fingerprint density at radius 1 is 1.29 bits per heavy atom. The van der Waals surface area contributed by atoms with E-state index in [9.17, 15) is 9.59 Å². The highest BCUT2D eigenvalue weighted by Gasteiger charge is 2.24. The topological polar surface area (TPSA) is 80.3 Å². The number of rotatable bonds is 5. The minimum absolute atomic E-state index is 0.159. The van der Waals surface area contributed by atoms with Crippen molar-refractivity contribution >= 4 is 34.0 Å². The fraction of sp³-hybridized carbons (Fsp3) is 0.476. The third-order valence-corrected chi connectivity index (χ3v) is 6.49. The van der Waals surface area contributed by atoms with Crippen LogP contribution in [0.2, 0.25) is 0 Å². The van der Waals surface area contributed by atoms with E-state index in [0.717, 1.165) is 37.3 Å². The van der Waals surface area contributed by atoms with Crippen molar-refractivity contribution in [2.24, 2.45) is 5.92 Å². The number of thiazole rings is 1. The predicted molar refractivity (Wildman–Crippen MR) is 110 cm³/mol. The first-order chi connectivity index (χ1) is 13.6. The number of fused-ring (bicyclic) bond motifs is 1. The lowest BCUT2D eigenvalue weighted by Crippen LogP contribution is -2.27. The maximum atomic E-state index is 12.7. The maximum Gasteiger partial charge on any atom is 0.257 e. The zero-order valence-corrected chi connectivity index (χ0v) is 16.8. The van der Waals surface area contributed by atoms with Crippen molar-refractivity contribution in [2.75, 3.05) is 17.2 Å². The van der Waals surface area contributed by atoms with E-state index >= 15 is 0 Å². The van der Waals surface area contributed by atoms with Gasteiger partial charge < -0.3 is 10.1 Å². The number of aryl methyl sites for hydroxylation is 1. The predicted octanol–water partition coefficient (Wildman–Crippen LogP) is 4.03. The molecule has 0 bridgehead atoms. The van der Waals surface area contributed by atoms with Crippen molar-refractivity contribution in [3.8, 4) is 0 Å². The number of hydrogen-bond acceptors (Lipinski definition) is 5. The first kappa shape index (κ1) is 19.1. The van der Waals surface area contributed by atoms with Gasteiger partial charge in [0.25, 0.3) is 11.8 Å². The van der Waals surface area contributed by atoms with E-state index in [1.54, 1.807) is 35.6 Å². The monoisotopic (exact) mass is 399 g/mol. The summed E-state index contributed by atoms with van der Waals surface area (Å²) in [5.74, 6) is 0.347. The van der Waals surface area contributed by atoms with Crippen molar-refractivity contribution in [3.05, 3.63) is 40.4 Å². The summed E-state index contributed by atoms with van der Waals surface area (Å²) in [4.78, 5) is 30.8. The third-order valence-electron chi connectivity index (χ3n) is 5.45. The van der Waals surface area contributed by atoms with Crippen LogP contribution in [0.25, 0.3) is 0 Å². The Balaban J connectivity index is 1.41. The molecular weight excluding hydrogens is 374 g/mol. The van der Waals surface area contributed by atoms with Crippen molar-refractivity contribution in [3.63, 3.8) is 0 Å². The minimum atomic E-state index is -0.397. The molecule has 2 amide bonds. The first-order valence-electron chi connectivity index (χ1n) is 9.95. The average molecular weight is 400 g/mol. The summed E-state index contributed by atoms with van der Waals surface area (Å²) in [6.45, 7) is 2.85. The molecule has 0 radical (unpaired) electrons. The average Bonchev–Trinajstić information content (AvgIpc) is 3.37. The summed E-state index contributed by atoms with van der Waals surface area (Å²) in [5, 5.41) is 6.41. The molecule has 0 saturated carbocycles. The van der Waals surface area contributed by atoms with Crippen LogP contribution in [0.3, 0.4) is 0 Å². The largest absolute Gasteiger partial charge is 0.368 e. The number of benzene rings is 1. The molecule has 6 nitrogen and oxygen atoms in total. The lowest BCUT2D eigenvalue weighted by molar-refractivity contribution is -0.124. The normalized spacial score (nSPS) is 21.2. The number of ether oxygens (including phenoxy) is 1. The molecule has 2 N–H and O–H groups in total. The summed E-state index contributed by atoms with van der Waals surface area (Å²) >= 11 is 1.58. The second kappa shape index (κ2) is 8.41. The Bertz CT molecular complexity index is 874. The smallest absolute Gasteiger partial charge is 0.257 e. The maximum absolute atomic E-state index is 12.7. The van der Waals surface area contributed by atoms with Crippen LogP contribution in [0.4, 0.5) is 10.8 Å². The molecular formula is C21H25N3O3S. The minimum Gasteiger partial charge on any atom is -0.368 e. The summed E-state index contributed by atoms with van der Waals surface area (Å²) in [7, 11) is 0. The highest BCUT2D eigenvalue weighted by atomic mass is 32.1. The van der Waals surface area contributed by atoms with E-state index in [0.29, 0.717) is 23.0 Å². The number of amides is 2. The van der Waals surface area contributed by atoms with Crippen molar-refractivity contribution in [1.82, 2.24) is 4.98 Å². The van der Waals surface area contributed by atoms with Gasteiger partial charge in [0.05, 0.1) is 5.69 Å². The van der Waals surface area contributed by atoms with Gasteiger partial charge in [-0.1, -0.05) is 19.4 Å². The Hall–Kier alpha value is -2.25. The fourth-order valence-corrected chi connectivity index (χ4v) is 4.88. The molecule has 2 atom stereocenters. The number of anilines is 2. The molecule has 2 aliphatic rings. The lowest BCUT2D eigenvalue weighted by Gasteiger charge is -2.18. The first-order valence-corrected chi connectivity index (χ1v) is 10.8. The molecule has 1 aliphatic carbocycles. The molecule has 2 aromatic rings. The number of carbonyl (C=O) groups excluding carboxylic acids is 2. The highest BCUT2D eigenvalue weighted by molar-refractivity contribution is 7.15. The third kappa shape index (κ3) is 4.25. The SMILES string of the molecule is CCC1CCc2nc(NC(=O)c3cccc(NC(=O)C4CCCO4)c3)sc2C1. The fourth-order valence-electron chi connectivity index (χ4n) is 3.76. The quantitative estimate of drug-likeness (QED) is 0.796. The standard InChI is InChI=1S/C21H25N3O3S/c1-2-13-8-9-16-18(11-13)28-21(23-16)24-19(25)14-5-3-6-15(12-14)22-20(26)17-7-4-10-27-17/h3,5-6,12-13,17H,2,4,7-11H2,1H3,(H,22,26)(H,23,24,25). The van der Waals surface area contributed by atoms with Gasteiger partial charge in [0, 0.05) is 22.7 Å². The summed E-state index contributed by atoms with van der Waals surface area (Å²) < 4.78 is 5.40. The van der Waals surface area contributed by atoms with Crippen molar-refractivity contribution in [1.29, 1.82) is 0 Å². The molecule has 1 aromatic carbocycles. The summed E-state index contributed by atoms with van der Waals surface area (Å²) in [5.41, 5.74) is 2.21. The van der Waals surface area contributed by atoms with Crippen LogP contribution in [0.1, 0.15) is 53.5 Å². The molecule has 1 aliphatic heterocycles. The number of aromatic nitrogens is 1. The van der Waals surface area contributed by atoms with Crippen LogP contribution in [0.15, 0.2) is 24.3 Å². The van der Waals surface area contributed by atoms with Gasteiger partial charge >= 0.3 is 0 Å². The van der Waals surface area contributed by atoms with Crippen molar-refractivity contribution in [2.45, 2.75) is 51.6 Å². The van der Waals surface area contributed by atoms with E-state index < -0.39 is 6.10 Å². The summed E-state index contributed by atoms with van der Waals surface area (Å²) in [6, 6.07) is 6.95. The van der Waals surface area contributed by atoms with Crippen LogP contribution in [-0.2, 0) is 22.4 Å². The number of nitrogens with one attached hydrogen (secondary N) is 2. The number of nitrogens with zero attached hydrogens (tertiary/aromatic N) is 1. The molecule has 4 rings (SSSR count). The van der Waals surface area contributed by atoms with Crippen LogP contribution >= 0.6 is 11.3 Å². The molecule has 28 heavy (non-hydrogen) atoms. The van der Waals surface area contributed by atoms with E-state index in [1.165, 1.54) is 17.7 Å². The van der Waals surface area contributed by atoms with Gasteiger partial charge in [0.1, 0.15) is 6.10 Å². The van der Waals surface area contributed by atoms with Gasteiger partial charge in [-0.05, 0) is 56.2 Å². The Kier molecular flexibility index (Phi) is 5.73. The molecule has 148 valence electrons.